The van der Waals surface area contributed by atoms with Crippen LogP contribution in [-0.4, -0.2) is 56.3 Å². The van der Waals surface area contributed by atoms with Crippen molar-refractivity contribution in [2.75, 3.05) is 26.8 Å². The number of ether oxygens (including phenoxy) is 1. The molecular formula is C15H22F2N2O3S. The second-order valence-corrected chi connectivity index (χ2v) is 7.52. The molecule has 1 aliphatic heterocycles. The minimum Gasteiger partial charge on any atom is -0.381 e. The number of nitrogens with zero attached hydrogens (tertiary/aromatic N) is 2. The Kier molecular flexibility index (Phi) is 6.46. The molecule has 1 heterocycles. The first-order valence-corrected chi connectivity index (χ1v) is 8.94. The summed E-state index contributed by atoms with van der Waals surface area (Å²) in [5.41, 5.74) is 0.678. The molecule has 5 nitrogen and oxygen atoms in total. The summed E-state index contributed by atoms with van der Waals surface area (Å²) in [5.74, 6) is 0. The molecule has 0 unspecified atom stereocenters. The summed E-state index contributed by atoms with van der Waals surface area (Å²) in [6.45, 7) is 0.0853. The van der Waals surface area contributed by atoms with Crippen molar-refractivity contribution in [3.63, 3.8) is 0 Å². The molecule has 8 heteroatoms. The summed E-state index contributed by atoms with van der Waals surface area (Å²) in [4.78, 5) is 0. The second-order valence-electron chi connectivity index (χ2n) is 5.54. The van der Waals surface area contributed by atoms with E-state index in [0.717, 1.165) is 4.31 Å². The van der Waals surface area contributed by atoms with Crippen molar-refractivity contribution in [1.82, 2.24) is 8.61 Å². The first-order valence-electron chi connectivity index (χ1n) is 7.54. The van der Waals surface area contributed by atoms with Crippen molar-refractivity contribution in [2.24, 2.45) is 0 Å². The van der Waals surface area contributed by atoms with Crippen LogP contribution in [0.2, 0.25) is 0 Å². The third kappa shape index (κ3) is 4.94. The number of benzene rings is 1. The highest BCUT2D eigenvalue weighted by Crippen LogP contribution is 2.21. The summed E-state index contributed by atoms with van der Waals surface area (Å²) in [6, 6.07) is 8.54. The van der Waals surface area contributed by atoms with Gasteiger partial charge in [-0.1, -0.05) is 30.3 Å². The molecule has 23 heavy (non-hydrogen) atoms. The van der Waals surface area contributed by atoms with Crippen molar-refractivity contribution in [1.29, 1.82) is 0 Å². The zero-order valence-electron chi connectivity index (χ0n) is 13.1. The number of rotatable bonds is 7. The van der Waals surface area contributed by atoms with E-state index in [1.807, 2.05) is 0 Å². The zero-order chi connectivity index (χ0) is 16.9. The molecule has 0 saturated carbocycles. The number of alkyl halides is 2. The molecule has 0 spiro atoms. The molecule has 1 aromatic rings. The molecule has 2 rings (SSSR count). The number of hydrogen-bond acceptors (Lipinski definition) is 3. The van der Waals surface area contributed by atoms with Crippen LogP contribution in [0.5, 0.6) is 0 Å². The van der Waals surface area contributed by atoms with Crippen LogP contribution in [0.1, 0.15) is 18.4 Å². The Morgan fingerprint density at radius 3 is 2.39 bits per heavy atom. The molecule has 130 valence electrons. The number of hydrogen-bond donors (Lipinski definition) is 0. The number of halogens is 2. The molecule has 1 fully saturated rings. The molecule has 1 saturated heterocycles. The van der Waals surface area contributed by atoms with Crippen LogP contribution in [0.15, 0.2) is 30.3 Å². The lowest BCUT2D eigenvalue weighted by Gasteiger charge is -2.34. The Morgan fingerprint density at radius 2 is 1.83 bits per heavy atom. The standard InChI is InChI=1S/C15H22F2N2O3S/c1-18(14-7-9-22-10-8-14)23(20,21)19(12-15(16)17)11-13-5-3-2-4-6-13/h2-6,14-15H,7-12H2,1H3. The first-order chi connectivity index (χ1) is 10.9. The fraction of sp³-hybridized carbons (Fsp3) is 0.600. The second kappa shape index (κ2) is 8.14. The molecule has 0 aromatic heterocycles. The van der Waals surface area contributed by atoms with Gasteiger partial charge >= 0.3 is 0 Å². The minimum absolute atomic E-state index is 0.0684. The van der Waals surface area contributed by atoms with Gasteiger partial charge in [-0.15, -0.1) is 0 Å². The normalized spacial score (nSPS) is 17.3. The van der Waals surface area contributed by atoms with E-state index in [2.05, 4.69) is 0 Å². The van der Waals surface area contributed by atoms with E-state index in [-0.39, 0.29) is 12.6 Å². The Morgan fingerprint density at radius 1 is 1.22 bits per heavy atom. The van der Waals surface area contributed by atoms with Crippen LogP contribution in [-0.2, 0) is 21.5 Å². The van der Waals surface area contributed by atoms with Gasteiger partial charge in [-0.25, -0.2) is 8.78 Å². The van der Waals surface area contributed by atoms with Gasteiger partial charge in [0.2, 0.25) is 0 Å². The fourth-order valence-corrected chi connectivity index (χ4v) is 4.17. The van der Waals surface area contributed by atoms with Crippen molar-refractivity contribution in [2.45, 2.75) is 31.9 Å². The average molecular weight is 348 g/mol. The zero-order valence-corrected chi connectivity index (χ0v) is 13.9. The largest absolute Gasteiger partial charge is 0.381 e. The average Bonchev–Trinajstić information content (AvgIpc) is 2.55. The monoisotopic (exact) mass is 348 g/mol. The van der Waals surface area contributed by atoms with Gasteiger partial charge in [0.15, 0.2) is 0 Å². The van der Waals surface area contributed by atoms with E-state index in [1.165, 1.54) is 11.4 Å². The maximum atomic E-state index is 12.9. The molecule has 0 atom stereocenters. The lowest BCUT2D eigenvalue weighted by atomic mass is 10.1. The van der Waals surface area contributed by atoms with Crippen molar-refractivity contribution >= 4 is 10.2 Å². The highest BCUT2D eigenvalue weighted by atomic mass is 32.2. The van der Waals surface area contributed by atoms with Crippen molar-refractivity contribution in [3.8, 4) is 0 Å². The van der Waals surface area contributed by atoms with E-state index in [4.69, 9.17) is 4.74 Å². The van der Waals surface area contributed by atoms with Gasteiger partial charge in [0.1, 0.15) is 0 Å². The predicted octanol–water partition coefficient (Wildman–Crippen LogP) is 2.11. The summed E-state index contributed by atoms with van der Waals surface area (Å²) < 4.78 is 58.5. The summed E-state index contributed by atoms with van der Waals surface area (Å²) in [5, 5.41) is 0. The Labute approximate surface area is 136 Å². The van der Waals surface area contributed by atoms with Crippen LogP contribution >= 0.6 is 0 Å². The molecule has 0 amide bonds. The third-order valence-corrected chi connectivity index (χ3v) is 5.90. The first kappa shape index (κ1) is 18.3. The molecule has 1 aromatic carbocycles. The molecule has 0 bridgehead atoms. The topological polar surface area (TPSA) is 49.9 Å². The van der Waals surface area contributed by atoms with Gasteiger partial charge in [0, 0.05) is 32.8 Å². The third-order valence-electron chi connectivity index (χ3n) is 3.94. The molecule has 1 aliphatic rings. The van der Waals surface area contributed by atoms with E-state index in [1.54, 1.807) is 30.3 Å². The highest BCUT2D eigenvalue weighted by molar-refractivity contribution is 7.86. The Bertz CT molecular complexity index is 578. The lowest BCUT2D eigenvalue weighted by molar-refractivity contribution is 0.0601. The van der Waals surface area contributed by atoms with Crippen LogP contribution in [0.25, 0.3) is 0 Å². The van der Waals surface area contributed by atoms with E-state index < -0.39 is 23.2 Å². The van der Waals surface area contributed by atoms with Gasteiger partial charge in [0.25, 0.3) is 16.6 Å². The van der Waals surface area contributed by atoms with Gasteiger partial charge < -0.3 is 4.74 Å². The fourth-order valence-electron chi connectivity index (χ4n) is 2.60. The Hall–Kier alpha value is -1.09. The minimum atomic E-state index is -3.96. The maximum absolute atomic E-state index is 12.9. The van der Waals surface area contributed by atoms with Crippen molar-refractivity contribution in [3.05, 3.63) is 35.9 Å². The van der Waals surface area contributed by atoms with Crippen molar-refractivity contribution < 1.29 is 21.9 Å². The Balaban J connectivity index is 2.18. The van der Waals surface area contributed by atoms with Crippen LogP contribution in [0, 0.1) is 0 Å². The summed E-state index contributed by atoms with van der Waals surface area (Å²) >= 11 is 0. The molecule has 0 radical (unpaired) electrons. The van der Waals surface area contributed by atoms with Crippen LogP contribution in [0.4, 0.5) is 8.78 Å². The quantitative estimate of drug-likeness (QED) is 0.758. The van der Waals surface area contributed by atoms with Crippen LogP contribution < -0.4 is 0 Å². The van der Waals surface area contributed by atoms with E-state index in [0.29, 0.717) is 31.6 Å². The van der Waals surface area contributed by atoms with Gasteiger partial charge in [-0.05, 0) is 18.4 Å². The summed E-state index contributed by atoms with van der Waals surface area (Å²) in [6.07, 6.45) is -1.58. The summed E-state index contributed by atoms with van der Waals surface area (Å²) in [7, 11) is -2.51. The smallest absolute Gasteiger partial charge is 0.282 e. The van der Waals surface area contributed by atoms with Gasteiger partial charge in [0.05, 0.1) is 6.54 Å². The van der Waals surface area contributed by atoms with Gasteiger partial charge in [-0.2, -0.15) is 17.0 Å². The maximum Gasteiger partial charge on any atom is 0.282 e. The lowest BCUT2D eigenvalue weighted by Crippen LogP contribution is -2.49. The van der Waals surface area contributed by atoms with Crippen LogP contribution in [0.3, 0.4) is 0 Å². The predicted molar refractivity (Wildman–Crippen MR) is 83.4 cm³/mol. The SMILES string of the molecule is CN(C1CCOCC1)S(=O)(=O)N(Cc1ccccc1)CC(F)F. The van der Waals surface area contributed by atoms with E-state index >= 15 is 0 Å². The van der Waals surface area contributed by atoms with E-state index in [9.17, 15) is 17.2 Å². The molecular weight excluding hydrogens is 326 g/mol. The molecule has 0 N–H and O–H groups in total. The molecule has 0 aliphatic carbocycles. The van der Waals surface area contributed by atoms with Gasteiger partial charge in [-0.3, -0.25) is 0 Å². The highest BCUT2D eigenvalue weighted by Gasteiger charge is 2.34.